The number of hydrogen-bond acceptors (Lipinski definition) is 6. The summed E-state index contributed by atoms with van der Waals surface area (Å²) < 4.78 is 2.46. The van der Waals surface area contributed by atoms with Crippen LogP contribution in [0.3, 0.4) is 0 Å². The number of benzene rings is 2. The predicted molar refractivity (Wildman–Crippen MR) is 162 cm³/mol. The Morgan fingerprint density at radius 2 is 1.77 bits per heavy atom. The molecule has 2 aliphatic heterocycles. The number of rotatable bonds is 8. The molecule has 2 saturated heterocycles. The molecule has 1 atom stereocenters. The van der Waals surface area contributed by atoms with Gasteiger partial charge in [-0.2, -0.15) is 0 Å². The highest BCUT2D eigenvalue weighted by Gasteiger charge is 2.38. The quantitative estimate of drug-likeness (QED) is 0.425. The number of nitrogens with zero attached hydrogens (tertiary/aromatic N) is 6. The molecular formula is C32H48N6O. The standard InChI is InChI=1S/C32H48N6O/c1-6-10-30(37-18-9-17-35(5)21-22-37)31-33-28-24-26(13-14-29(28)38(31)7-2)36-19-15-32(16-20-36,34(3)4)25-11-8-12-27(39)23-25/h8,11-14,23-24,30,39H,6-7,9-10,15-22H2,1-5H3/t30-/m0/s1. The van der Waals surface area contributed by atoms with Gasteiger partial charge in [-0.05, 0) is 96.2 Å². The Bertz CT molecular complexity index is 1240. The van der Waals surface area contributed by atoms with Crippen LogP contribution in [0.5, 0.6) is 5.75 Å². The van der Waals surface area contributed by atoms with E-state index in [0.717, 1.165) is 70.5 Å². The van der Waals surface area contributed by atoms with Crippen molar-refractivity contribution < 1.29 is 5.11 Å². The summed E-state index contributed by atoms with van der Waals surface area (Å²) in [5.41, 5.74) is 4.78. The molecule has 0 spiro atoms. The number of anilines is 1. The third-order valence-electron chi connectivity index (χ3n) is 9.33. The topological polar surface area (TPSA) is 51.0 Å². The summed E-state index contributed by atoms with van der Waals surface area (Å²) in [5.74, 6) is 1.59. The molecule has 7 heteroatoms. The van der Waals surface area contributed by atoms with Crippen molar-refractivity contribution in [2.75, 3.05) is 65.3 Å². The van der Waals surface area contributed by atoms with Crippen molar-refractivity contribution in [3.05, 3.63) is 53.9 Å². The molecule has 3 heterocycles. The van der Waals surface area contributed by atoms with Gasteiger partial charge in [0.25, 0.3) is 0 Å². The lowest BCUT2D eigenvalue weighted by Gasteiger charge is -2.47. The molecule has 0 amide bonds. The minimum Gasteiger partial charge on any atom is -0.508 e. The van der Waals surface area contributed by atoms with Gasteiger partial charge >= 0.3 is 0 Å². The van der Waals surface area contributed by atoms with Gasteiger partial charge in [-0.1, -0.05) is 25.5 Å². The summed E-state index contributed by atoms with van der Waals surface area (Å²) >= 11 is 0. The van der Waals surface area contributed by atoms with E-state index in [1.807, 2.05) is 12.1 Å². The lowest BCUT2D eigenvalue weighted by Crippen LogP contribution is -2.50. The fourth-order valence-electron chi connectivity index (χ4n) is 6.97. The van der Waals surface area contributed by atoms with Gasteiger partial charge in [-0.3, -0.25) is 9.80 Å². The van der Waals surface area contributed by atoms with Crippen molar-refractivity contribution in [3.63, 3.8) is 0 Å². The highest BCUT2D eigenvalue weighted by atomic mass is 16.3. The van der Waals surface area contributed by atoms with Crippen LogP contribution in [0.25, 0.3) is 11.0 Å². The van der Waals surface area contributed by atoms with Crippen LogP contribution in [0.2, 0.25) is 0 Å². The maximum absolute atomic E-state index is 10.2. The first-order valence-electron chi connectivity index (χ1n) is 15.0. The monoisotopic (exact) mass is 532 g/mol. The Morgan fingerprint density at radius 1 is 0.974 bits per heavy atom. The van der Waals surface area contributed by atoms with Crippen LogP contribution in [0.1, 0.15) is 63.4 Å². The third-order valence-corrected chi connectivity index (χ3v) is 9.33. The minimum atomic E-state index is -0.0646. The van der Waals surface area contributed by atoms with E-state index < -0.39 is 0 Å². The molecular weight excluding hydrogens is 484 g/mol. The van der Waals surface area contributed by atoms with Crippen LogP contribution < -0.4 is 4.90 Å². The second kappa shape index (κ2) is 11.9. The number of fused-ring (bicyclic) bond motifs is 1. The van der Waals surface area contributed by atoms with Gasteiger partial charge < -0.3 is 19.5 Å². The number of aromatic nitrogens is 2. The predicted octanol–water partition coefficient (Wildman–Crippen LogP) is 5.30. The van der Waals surface area contributed by atoms with Gasteiger partial charge in [0.05, 0.1) is 17.1 Å². The van der Waals surface area contributed by atoms with Crippen molar-refractivity contribution >= 4 is 16.7 Å². The number of piperidine rings is 1. The summed E-state index contributed by atoms with van der Waals surface area (Å²) in [6.07, 6.45) is 5.55. The van der Waals surface area contributed by atoms with Crippen molar-refractivity contribution in [2.24, 2.45) is 0 Å². The van der Waals surface area contributed by atoms with E-state index >= 15 is 0 Å². The average Bonchev–Trinajstić information content (AvgIpc) is 3.17. The van der Waals surface area contributed by atoms with Crippen molar-refractivity contribution in [2.45, 2.75) is 64.1 Å². The van der Waals surface area contributed by atoms with Gasteiger partial charge in [-0.25, -0.2) is 4.98 Å². The van der Waals surface area contributed by atoms with Gasteiger partial charge in [0.15, 0.2) is 0 Å². The highest BCUT2D eigenvalue weighted by molar-refractivity contribution is 5.80. The fourth-order valence-corrected chi connectivity index (χ4v) is 6.97. The van der Waals surface area contributed by atoms with Crippen molar-refractivity contribution in [1.82, 2.24) is 24.3 Å². The third kappa shape index (κ3) is 5.54. The molecule has 3 aromatic rings. The zero-order valence-electron chi connectivity index (χ0n) is 24.7. The summed E-state index contributed by atoms with van der Waals surface area (Å²) in [5, 5.41) is 10.2. The Morgan fingerprint density at radius 3 is 2.46 bits per heavy atom. The molecule has 7 nitrogen and oxygen atoms in total. The van der Waals surface area contributed by atoms with Crippen LogP contribution in [0, 0.1) is 0 Å². The highest BCUT2D eigenvalue weighted by Crippen LogP contribution is 2.40. The number of likely N-dealkylation sites (N-methyl/N-ethyl adjacent to an activating group) is 1. The molecule has 5 rings (SSSR count). The molecule has 2 fully saturated rings. The van der Waals surface area contributed by atoms with Gasteiger partial charge in [0.2, 0.25) is 0 Å². The Hall–Kier alpha value is -2.61. The fraction of sp³-hybridized carbons (Fsp3) is 0.594. The van der Waals surface area contributed by atoms with E-state index in [1.54, 1.807) is 6.07 Å². The summed E-state index contributed by atoms with van der Waals surface area (Å²) in [6.45, 7) is 12.0. The van der Waals surface area contributed by atoms with E-state index in [0.29, 0.717) is 11.8 Å². The molecule has 1 N–H and O–H groups in total. The largest absolute Gasteiger partial charge is 0.508 e. The number of phenolic OH excluding ortho intramolecular Hbond substituents is 1. The molecule has 0 radical (unpaired) electrons. The summed E-state index contributed by atoms with van der Waals surface area (Å²) in [7, 11) is 6.58. The Kier molecular flexibility index (Phi) is 8.50. The van der Waals surface area contributed by atoms with Crippen LogP contribution >= 0.6 is 0 Å². The normalized spacial score (nSPS) is 20.0. The second-order valence-corrected chi connectivity index (χ2v) is 11.8. The summed E-state index contributed by atoms with van der Waals surface area (Å²) in [4.78, 5) is 15.3. The van der Waals surface area contributed by atoms with E-state index in [-0.39, 0.29) is 5.54 Å². The Balaban J connectivity index is 1.41. The maximum atomic E-state index is 10.2. The van der Waals surface area contributed by atoms with Crippen LogP contribution in [0.4, 0.5) is 5.69 Å². The molecule has 0 saturated carbocycles. The Labute approximate surface area is 235 Å². The van der Waals surface area contributed by atoms with Crippen molar-refractivity contribution in [1.29, 1.82) is 0 Å². The number of aromatic hydroxyl groups is 1. The second-order valence-electron chi connectivity index (χ2n) is 11.8. The zero-order valence-corrected chi connectivity index (χ0v) is 24.7. The first-order chi connectivity index (χ1) is 18.9. The molecule has 2 aromatic carbocycles. The number of imidazole rings is 1. The maximum Gasteiger partial charge on any atom is 0.127 e. The zero-order chi connectivity index (χ0) is 27.6. The average molecular weight is 533 g/mol. The molecule has 39 heavy (non-hydrogen) atoms. The molecule has 2 aliphatic rings. The lowest BCUT2D eigenvalue weighted by molar-refractivity contribution is 0.115. The van der Waals surface area contributed by atoms with Gasteiger partial charge in [0, 0.05) is 50.5 Å². The SMILES string of the molecule is CCC[C@@H](c1nc2cc(N3CCC(c4cccc(O)c4)(N(C)C)CC3)ccc2n1CC)N1CCCN(C)CC1. The van der Waals surface area contributed by atoms with E-state index in [9.17, 15) is 5.11 Å². The molecule has 0 unspecified atom stereocenters. The van der Waals surface area contributed by atoms with E-state index in [4.69, 9.17) is 4.98 Å². The van der Waals surface area contributed by atoms with Gasteiger partial charge in [-0.15, -0.1) is 0 Å². The molecule has 0 bridgehead atoms. The number of hydrogen-bond donors (Lipinski definition) is 1. The van der Waals surface area contributed by atoms with Crippen LogP contribution in [0.15, 0.2) is 42.5 Å². The molecule has 212 valence electrons. The van der Waals surface area contributed by atoms with E-state index in [1.165, 1.54) is 35.6 Å². The molecule has 0 aliphatic carbocycles. The minimum absolute atomic E-state index is 0.0646. The number of phenols is 1. The lowest BCUT2D eigenvalue weighted by atomic mass is 9.79. The first kappa shape index (κ1) is 27.9. The summed E-state index contributed by atoms with van der Waals surface area (Å²) in [6, 6.07) is 15.1. The van der Waals surface area contributed by atoms with Gasteiger partial charge in [0.1, 0.15) is 11.6 Å². The number of aryl methyl sites for hydroxylation is 1. The first-order valence-corrected chi connectivity index (χ1v) is 15.0. The van der Waals surface area contributed by atoms with Crippen LogP contribution in [-0.4, -0.2) is 89.8 Å². The van der Waals surface area contributed by atoms with Crippen molar-refractivity contribution in [3.8, 4) is 5.75 Å². The smallest absolute Gasteiger partial charge is 0.127 e. The van der Waals surface area contributed by atoms with E-state index in [2.05, 4.69) is 83.4 Å². The van der Waals surface area contributed by atoms with Crippen LogP contribution in [-0.2, 0) is 12.1 Å². The molecule has 1 aromatic heterocycles.